The summed E-state index contributed by atoms with van der Waals surface area (Å²) in [6.45, 7) is 0.400. The molecule has 0 unspecified atom stereocenters. The highest BCUT2D eigenvalue weighted by Gasteiger charge is 2.37. The van der Waals surface area contributed by atoms with Crippen molar-refractivity contribution >= 4 is 6.09 Å². The molecule has 0 saturated carbocycles. The molecule has 4 nitrogen and oxygen atoms in total. The summed E-state index contributed by atoms with van der Waals surface area (Å²) in [4.78, 5) is 12.0. The number of alkyl halides is 1. The Morgan fingerprint density at radius 1 is 1.33 bits per heavy atom. The first-order valence-corrected chi connectivity index (χ1v) is 5.72. The molecule has 0 spiro atoms. The number of piperidine rings is 1. The van der Waals surface area contributed by atoms with E-state index in [1.165, 1.54) is 4.90 Å². The number of hydrogen-bond acceptors (Lipinski definition) is 2. The Morgan fingerprint density at radius 2 is 1.89 bits per heavy atom. The Kier molecular flexibility index (Phi) is 3.19. The van der Waals surface area contributed by atoms with E-state index in [0.717, 1.165) is 0 Å². The van der Waals surface area contributed by atoms with Crippen LogP contribution in [0, 0.1) is 11.3 Å². The zero-order valence-corrected chi connectivity index (χ0v) is 9.77. The number of rotatable bonds is 1. The number of nitrogens with zero attached hydrogens (tertiary/aromatic N) is 2. The first kappa shape index (κ1) is 12.4. The van der Waals surface area contributed by atoms with Crippen LogP contribution in [0.1, 0.15) is 24.0 Å². The maximum absolute atomic E-state index is 14.7. The largest absolute Gasteiger partial charge is 0.465 e. The van der Waals surface area contributed by atoms with Crippen molar-refractivity contribution < 1.29 is 14.3 Å². The van der Waals surface area contributed by atoms with Crippen LogP contribution in [0.15, 0.2) is 24.3 Å². The second-order valence-corrected chi connectivity index (χ2v) is 4.42. The highest BCUT2D eigenvalue weighted by atomic mass is 19.1. The van der Waals surface area contributed by atoms with Gasteiger partial charge in [-0.05, 0) is 17.7 Å². The molecule has 0 radical (unpaired) electrons. The number of hydrogen-bond donors (Lipinski definition) is 1. The van der Waals surface area contributed by atoms with Crippen molar-refractivity contribution in [2.24, 2.45) is 0 Å². The summed E-state index contributed by atoms with van der Waals surface area (Å²) < 4.78 is 14.7. The molecule has 2 rings (SSSR count). The third-order valence-corrected chi connectivity index (χ3v) is 3.36. The Hall–Kier alpha value is -2.09. The quantitative estimate of drug-likeness (QED) is 0.830. The lowest BCUT2D eigenvalue weighted by molar-refractivity contribution is 0.0551. The fourth-order valence-electron chi connectivity index (χ4n) is 2.18. The van der Waals surface area contributed by atoms with Crippen LogP contribution in [0.25, 0.3) is 0 Å². The van der Waals surface area contributed by atoms with Crippen LogP contribution in [0.5, 0.6) is 0 Å². The van der Waals surface area contributed by atoms with Crippen LogP contribution in [-0.2, 0) is 5.67 Å². The minimum atomic E-state index is -1.49. The molecule has 0 atom stereocenters. The summed E-state index contributed by atoms with van der Waals surface area (Å²) in [6, 6.07) is 8.36. The van der Waals surface area contributed by atoms with Gasteiger partial charge in [-0.15, -0.1) is 0 Å². The predicted octanol–water partition coefficient (Wildman–Crippen LogP) is 2.50. The maximum Gasteiger partial charge on any atom is 0.407 e. The van der Waals surface area contributed by atoms with Crippen LogP contribution >= 0.6 is 0 Å². The number of nitriles is 1. The molecule has 1 fully saturated rings. The van der Waals surface area contributed by atoms with Gasteiger partial charge in [0, 0.05) is 25.9 Å². The van der Waals surface area contributed by atoms with Crippen molar-refractivity contribution in [2.45, 2.75) is 18.5 Å². The number of benzene rings is 1. The number of amides is 1. The Bertz CT molecular complexity index is 485. The molecule has 1 aromatic carbocycles. The lowest BCUT2D eigenvalue weighted by atomic mass is 9.86. The average Bonchev–Trinajstić information content (AvgIpc) is 2.39. The monoisotopic (exact) mass is 248 g/mol. The normalized spacial score (nSPS) is 18.1. The van der Waals surface area contributed by atoms with Gasteiger partial charge in [-0.2, -0.15) is 5.26 Å². The van der Waals surface area contributed by atoms with Crippen molar-refractivity contribution in [3.63, 3.8) is 0 Å². The van der Waals surface area contributed by atoms with E-state index >= 15 is 0 Å². The molecule has 1 aromatic rings. The second-order valence-electron chi connectivity index (χ2n) is 4.42. The first-order chi connectivity index (χ1) is 8.55. The molecule has 1 aliphatic rings. The highest BCUT2D eigenvalue weighted by molar-refractivity contribution is 5.65. The van der Waals surface area contributed by atoms with Crippen LogP contribution in [0.3, 0.4) is 0 Å². The third kappa shape index (κ3) is 2.28. The summed E-state index contributed by atoms with van der Waals surface area (Å²) in [5.41, 5.74) is -0.475. The third-order valence-electron chi connectivity index (χ3n) is 3.36. The Morgan fingerprint density at radius 3 is 2.33 bits per heavy atom. The standard InChI is InChI=1S/C13H13FN2O2/c14-13(5-7-16(8-6-13)12(17)18)11-3-1-10(9-15)2-4-11/h1-4H,5-8H2,(H,17,18). The molecular formula is C13H13FN2O2. The zero-order valence-electron chi connectivity index (χ0n) is 9.77. The van der Waals surface area contributed by atoms with Gasteiger partial charge in [0.1, 0.15) is 5.67 Å². The lowest BCUT2D eigenvalue weighted by Crippen LogP contribution is -2.42. The number of carbonyl (C=O) groups is 1. The van der Waals surface area contributed by atoms with Gasteiger partial charge in [0.15, 0.2) is 0 Å². The van der Waals surface area contributed by atoms with Gasteiger partial charge in [-0.25, -0.2) is 9.18 Å². The minimum Gasteiger partial charge on any atom is -0.465 e. The molecule has 1 aliphatic heterocycles. The lowest BCUT2D eigenvalue weighted by Gasteiger charge is -2.35. The summed E-state index contributed by atoms with van der Waals surface area (Å²) in [5.74, 6) is 0. The van der Waals surface area contributed by atoms with Gasteiger partial charge in [-0.3, -0.25) is 0 Å². The van der Waals surface area contributed by atoms with Crippen LogP contribution in [0.2, 0.25) is 0 Å². The van der Waals surface area contributed by atoms with Gasteiger partial charge in [0.05, 0.1) is 11.6 Å². The SMILES string of the molecule is N#Cc1ccc(C2(F)CCN(C(=O)O)CC2)cc1. The molecule has 1 amide bonds. The van der Waals surface area contributed by atoms with Crippen molar-refractivity contribution in [2.75, 3.05) is 13.1 Å². The molecular weight excluding hydrogens is 235 g/mol. The van der Waals surface area contributed by atoms with Gasteiger partial charge < -0.3 is 10.0 Å². The van der Waals surface area contributed by atoms with Gasteiger partial charge in [0.2, 0.25) is 0 Å². The fraction of sp³-hybridized carbons (Fsp3) is 0.385. The number of halogens is 1. The van der Waals surface area contributed by atoms with Gasteiger partial charge in [0.25, 0.3) is 0 Å². The second kappa shape index (κ2) is 4.65. The van der Waals surface area contributed by atoms with E-state index < -0.39 is 11.8 Å². The molecule has 1 N–H and O–H groups in total. The van der Waals surface area contributed by atoms with Gasteiger partial charge in [-0.1, -0.05) is 12.1 Å². The number of carboxylic acid groups (broad SMARTS) is 1. The Balaban J connectivity index is 2.13. The molecule has 1 saturated heterocycles. The highest BCUT2D eigenvalue weighted by Crippen LogP contribution is 2.36. The predicted molar refractivity (Wildman–Crippen MR) is 62.8 cm³/mol. The first-order valence-electron chi connectivity index (χ1n) is 5.72. The van der Waals surface area contributed by atoms with Crippen LogP contribution < -0.4 is 0 Å². The summed E-state index contributed by atoms with van der Waals surface area (Å²) >= 11 is 0. The van der Waals surface area contributed by atoms with E-state index in [4.69, 9.17) is 10.4 Å². The van der Waals surface area contributed by atoms with Crippen LogP contribution in [0.4, 0.5) is 9.18 Å². The summed E-state index contributed by atoms with van der Waals surface area (Å²) in [7, 11) is 0. The van der Waals surface area contributed by atoms with Crippen LogP contribution in [-0.4, -0.2) is 29.2 Å². The fourth-order valence-corrected chi connectivity index (χ4v) is 2.18. The van der Waals surface area contributed by atoms with Crippen molar-refractivity contribution in [3.05, 3.63) is 35.4 Å². The summed E-state index contributed by atoms with van der Waals surface area (Å²) in [6.07, 6.45) is -0.687. The van der Waals surface area contributed by atoms with E-state index in [9.17, 15) is 9.18 Å². The molecule has 5 heteroatoms. The molecule has 0 aromatic heterocycles. The smallest absolute Gasteiger partial charge is 0.407 e. The van der Waals surface area contributed by atoms with Crippen molar-refractivity contribution in [1.29, 1.82) is 5.26 Å². The molecule has 18 heavy (non-hydrogen) atoms. The van der Waals surface area contributed by atoms with E-state index in [1.807, 2.05) is 6.07 Å². The van der Waals surface area contributed by atoms with E-state index in [1.54, 1.807) is 24.3 Å². The van der Waals surface area contributed by atoms with E-state index in [0.29, 0.717) is 11.1 Å². The van der Waals surface area contributed by atoms with E-state index in [2.05, 4.69) is 0 Å². The van der Waals surface area contributed by atoms with Gasteiger partial charge >= 0.3 is 6.09 Å². The topological polar surface area (TPSA) is 64.3 Å². The summed E-state index contributed by atoms with van der Waals surface area (Å²) in [5, 5.41) is 17.5. The maximum atomic E-state index is 14.7. The van der Waals surface area contributed by atoms with Crippen molar-refractivity contribution in [1.82, 2.24) is 4.90 Å². The average molecular weight is 248 g/mol. The zero-order chi connectivity index (χ0) is 13.2. The molecule has 1 heterocycles. The minimum absolute atomic E-state index is 0.158. The Labute approximate surface area is 104 Å². The molecule has 0 aliphatic carbocycles. The van der Waals surface area contributed by atoms with Crippen molar-refractivity contribution in [3.8, 4) is 6.07 Å². The molecule has 94 valence electrons. The number of likely N-dealkylation sites (tertiary alicyclic amines) is 1. The molecule has 0 bridgehead atoms. The van der Waals surface area contributed by atoms with E-state index in [-0.39, 0.29) is 25.9 Å².